The van der Waals surface area contributed by atoms with Crippen LogP contribution in [0.2, 0.25) is 0 Å². The van der Waals surface area contributed by atoms with Crippen LogP contribution < -0.4 is 10.2 Å². The number of fused-ring (bicyclic) bond motifs is 1. The third-order valence-electron chi connectivity index (χ3n) is 4.43. The van der Waals surface area contributed by atoms with Gasteiger partial charge in [0.25, 0.3) is 0 Å². The number of pyridine rings is 1. The summed E-state index contributed by atoms with van der Waals surface area (Å²) in [5, 5.41) is 3.43. The van der Waals surface area contributed by atoms with Gasteiger partial charge >= 0.3 is 0 Å². The van der Waals surface area contributed by atoms with E-state index in [1.807, 2.05) is 6.20 Å². The van der Waals surface area contributed by atoms with E-state index in [-0.39, 0.29) is 0 Å². The van der Waals surface area contributed by atoms with E-state index in [4.69, 9.17) is 0 Å². The van der Waals surface area contributed by atoms with Gasteiger partial charge in [0.05, 0.1) is 0 Å². The number of hydrogen-bond acceptors (Lipinski definition) is 4. The molecule has 0 aliphatic carbocycles. The lowest BCUT2D eigenvalue weighted by Gasteiger charge is -2.38. The van der Waals surface area contributed by atoms with Crippen molar-refractivity contribution in [3.63, 3.8) is 0 Å². The van der Waals surface area contributed by atoms with Crippen molar-refractivity contribution in [1.29, 1.82) is 0 Å². The van der Waals surface area contributed by atoms with Gasteiger partial charge in [0.2, 0.25) is 0 Å². The molecule has 0 bridgehead atoms. The number of piperazine rings is 1. The predicted octanol–water partition coefficient (Wildman–Crippen LogP) is 1.86. The van der Waals surface area contributed by atoms with Gasteiger partial charge in [0.1, 0.15) is 5.82 Å². The molecule has 0 saturated carbocycles. The zero-order valence-corrected chi connectivity index (χ0v) is 12.7. The van der Waals surface area contributed by atoms with Gasteiger partial charge in [-0.25, -0.2) is 4.98 Å². The fraction of sp³-hybridized carbons (Fsp3) is 0.688. The zero-order chi connectivity index (χ0) is 13.9. The van der Waals surface area contributed by atoms with Crippen LogP contribution in [0.25, 0.3) is 0 Å². The number of hydrogen-bond donors (Lipinski definition) is 1. The molecule has 1 aromatic heterocycles. The average molecular weight is 274 g/mol. The molecule has 0 aromatic carbocycles. The molecule has 110 valence electrons. The molecule has 2 saturated heterocycles. The molecule has 4 nitrogen and oxygen atoms in total. The number of rotatable bonds is 4. The van der Waals surface area contributed by atoms with Gasteiger partial charge in [-0.1, -0.05) is 19.9 Å². The van der Waals surface area contributed by atoms with Crippen molar-refractivity contribution < 1.29 is 0 Å². The highest BCUT2D eigenvalue weighted by atomic mass is 15.3. The van der Waals surface area contributed by atoms with Crippen molar-refractivity contribution in [3.05, 3.63) is 23.9 Å². The van der Waals surface area contributed by atoms with Crippen LogP contribution in [0.5, 0.6) is 0 Å². The molecule has 4 heteroatoms. The first kappa shape index (κ1) is 13.8. The highest BCUT2D eigenvalue weighted by molar-refractivity contribution is 5.40. The van der Waals surface area contributed by atoms with E-state index in [0.717, 1.165) is 31.5 Å². The minimum atomic E-state index is 0.519. The van der Waals surface area contributed by atoms with Crippen molar-refractivity contribution in [2.75, 3.05) is 31.1 Å². The number of aromatic nitrogens is 1. The van der Waals surface area contributed by atoms with E-state index in [0.29, 0.717) is 6.04 Å². The highest BCUT2D eigenvalue weighted by Gasteiger charge is 2.30. The second-order valence-corrected chi connectivity index (χ2v) is 6.34. The molecular weight excluding hydrogens is 248 g/mol. The third-order valence-corrected chi connectivity index (χ3v) is 4.43. The van der Waals surface area contributed by atoms with Crippen molar-refractivity contribution >= 4 is 5.82 Å². The van der Waals surface area contributed by atoms with E-state index in [1.54, 1.807) is 0 Å². The van der Waals surface area contributed by atoms with Crippen molar-refractivity contribution in [2.45, 2.75) is 45.3 Å². The van der Waals surface area contributed by atoms with Crippen LogP contribution in [0.4, 0.5) is 5.82 Å². The summed E-state index contributed by atoms with van der Waals surface area (Å²) >= 11 is 0. The fourth-order valence-corrected chi connectivity index (χ4v) is 3.23. The van der Waals surface area contributed by atoms with Crippen molar-refractivity contribution in [1.82, 2.24) is 15.2 Å². The number of nitrogens with zero attached hydrogens (tertiary/aromatic N) is 3. The molecule has 2 fully saturated rings. The normalized spacial score (nSPS) is 23.4. The Labute approximate surface area is 122 Å². The highest BCUT2D eigenvalue weighted by Crippen LogP contribution is 2.24. The lowest BCUT2D eigenvalue weighted by molar-refractivity contribution is 0.230. The van der Waals surface area contributed by atoms with Crippen molar-refractivity contribution in [2.24, 2.45) is 0 Å². The molecule has 0 amide bonds. The molecule has 1 N–H and O–H groups in total. The molecule has 1 atom stereocenters. The minimum absolute atomic E-state index is 0.519. The number of anilines is 1. The van der Waals surface area contributed by atoms with Crippen LogP contribution in [0.1, 0.15) is 32.3 Å². The zero-order valence-electron chi connectivity index (χ0n) is 12.7. The van der Waals surface area contributed by atoms with Gasteiger partial charge in [-0.3, -0.25) is 4.90 Å². The van der Waals surface area contributed by atoms with E-state index in [1.165, 1.54) is 31.5 Å². The summed E-state index contributed by atoms with van der Waals surface area (Å²) in [6.45, 7) is 10.0. The summed E-state index contributed by atoms with van der Waals surface area (Å²) in [6, 6.07) is 5.67. The second kappa shape index (κ2) is 6.10. The summed E-state index contributed by atoms with van der Waals surface area (Å²) < 4.78 is 0. The lowest BCUT2D eigenvalue weighted by atomic mass is 10.1. The maximum absolute atomic E-state index is 4.66. The van der Waals surface area contributed by atoms with E-state index in [9.17, 15) is 0 Å². The van der Waals surface area contributed by atoms with E-state index < -0.39 is 0 Å². The quantitative estimate of drug-likeness (QED) is 0.908. The fourth-order valence-electron chi connectivity index (χ4n) is 3.23. The molecule has 2 aliphatic rings. The van der Waals surface area contributed by atoms with Crippen LogP contribution in [0.15, 0.2) is 18.3 Å². The largest absolute Gasteiger partial charge is 0.354 e. The van der Waals surface area contributed by atoms with E-state index >= 15 is 0 Å². The maximum Gasteiger partial charge on any atom is 0.128 e. The Morgan fingerprint density at radius 1 is 1.30 bits per heavy atom. The summed E-state index contributed by atoms with van der Waals surface area (Å²) in [7, 11) is 0. The van der Waals surface area contributed by atoms with Crippen molar-refractivity contribution in [3.8, 4) is 0 Å². The Morgan fingerprint density at radius 3 is 2.95 bits per heavy atom. The van der Waals surface area contributed by atoms with Crippen LogP contribution in [0.3, 0.4) is 0 Å². The van der Waals surface area contributed by atoms with Crippen LogP contribution >= 0.6 is 0 Å². The molecule has 2 aliphatic heterocycles. The summed E-state index contributed by atoms with van der Waals surface area (Å²) in [5.41, 5.74) is 1.27. The van der Waals surface area contributed by atoms with Crippen LogP contribution in [-0.4, -0.2) is 48.1 Å². The molecule has 1 aromatic rings. The van der Waals surface area contributed by atoms with E-state index in [2.05, 4.69) is 46.1 Å². The molecule has 20 heavy (non-hydrogen) atoms. The SMILES string of the molecule is CC(C)NCc1ccc(N2CCN3CCCC3C2)nc1. The summed E-state index contributed by atoms with van der Waals surface area (Å²) in [5.74, 6) is 1.14. The predicted molar refractivity (Wildman–Crippen MR) is 83.0 cm³/mol. The summed E-state index contributed by atoms with van der Waals surface area (Å²) in [6.07, 6.45) is 4.74. The van der Waals surface area contributed by atoms with Gasteiger partial charge in [0, 0.05) is 44.5 Å². The Bertz CT molecular complexity index is 429. The van der Waals surface area contributed by atoms with Crippen LogP contribution in [-0.2, 0) is 6.54 Å². The Balaban J connectivity index is 1.60. The maximum atomic E-state index is 4.66. The molecule has 3 rings (SSSR count). The first-order valence-corrected chi connectivity index (χ1v) is 7.89. The number of nitrogens with one attached hydrogen (secondary N) is 1. The topological polar surface area (TPSA) is 31.4 Å². The molecule has 0 spiro atoms. The Morgan fingerprint density at radius 2 is 2.20 bits per heavy atom. The van der Waals surface area contributed by atoms with Crippen LogP contribution in [0, 0.1) is 0 Å². The Hall–Kier alpha value is -1.13. The smallest absolute Gasteiger partial charge is 0.128 e. The molecule has 3 heterocycles. The van der Waals surface area contributed by atoms with Gasteiger partial charge in [-0.2, -0.15) is 0 Å². The van der Waals surface area contributed by atoms with Gasteiger partial charge in [-0.05, 0) is 31.0 Å². The molecule has 0 radical (unpaired) electrons. The Kier molecular flexibility index (Phi) is 4.22. The monoisotopic (exact) mass is 274 g/mol. The minimum Gasteiger partial charge on any atom is -0.354 e. The van der Waals surface area contributed by atoms with Gasteiger partial charge in [-0.15, -0.1) is 0 Å². The second-order valence-electron chi connectivity index (χ2n) is 6.34. The molecular formula is C16H26N4. The lowest BCUT2D eigenvalue weighted by Crippen LogP contribution is -2.50. The van der Waals surface area contributed by atoms with Gasteiger partial charge in [0.15, 0.2) is 0 Å². The standard InChI is InChI=1S/C16H26N4/c1-13(2)17-10-14-5-6-16(18-11-14)20-9-8-19-7-3-4-15(19)12-20/h5-6,11,13,15,17H,3-4,7-10,12H2,1-2H3. The first-order chi connectivity index (χ1) is 9.72. The summed E-state index contributed by atoms with van der Waals surface area (Å²) in [4.78, 5) is 9.75. The first-order valence-electron chi connectivity index (χ1n) is 7.89. The average Bonchev–Trinajstić information content (AvgIpc) is 2.93. The van der Waals surface area contributed by atoms with Gasteiger partial charge < -0.3 is 10.2 Å². The third kappa shape index (κ3) is 3.13. The molecule has 1 unspecified atom stereocenters.